The summed E-state index contributed by atoms with van der Waals surface area (Å²) in [4.78, 5) is 12.6. The van der Waals surface area contributed by atoms with Crippen molar-refractivity contribution >= 4 is 17.3 Å². The lowest BCUT2D eigenvalue weighted by Gasteiger charge is -2.05. The SMILES string of the molecule is CC(C)Cc1cc(C(=O)O)n(CCc2cccs2)c1. The largest absolute Gasteiger partial charge is 0.477 e. The highest BCUT2D eigenvalue weighted by molar-refractivity contribution is 7.09. The maximum absolute atomic E-state index is 11.3. The molecule has 0 radical (unpaired) electrons. The molecule has 0 saturated carbocycles. The second-order valence-corrected chi connectivity index (χ2v) is 6.19. The molecule has 0 aliphatic carbocycles. The van der Waals surface area contributed by atoms with Crippen LogP contribution in [0.2, 0.25) is 0 Å². The molecule has 0 aliphatic rings. The van der Waals surface area contributed by atoms with Crippen LogP contribution in [-0.2, 0) is 19.4 Å². The molecule has 19 heavy (non-hydrogen) atoms. The third-order valence-corrected chi connectivity index (χ3v) is 3.93. The summed E-state index contributed by atoms with van der Waals surface area (Å²) in [6, 6.07) is 5.92. The summed E-state index contributed by atoms with van der Waals surface area (Å²) in [5, 5.41) is 11.3. The Hall–Kier alpha value is -1.55. The number of thiophene rings is 1. The molecule has 2 aromatic heterocycles. The van der Waals surface area contributed by atoms with Gasteiger partial charge in [-0.05, 0) is 41.8 Å². The lowest BCUT2D eigenvalue weighted by atomic mass is 10.1. The highest BCUT2D eigenvalue weighted by atomic mass is 32.1. The predicted octanol–water partition coefficient (Wildman–Crippen LogP) is 3.69. The van der Waals surface area contributed by atoms with E-state index in [1.54, 1.807) is 17.4 Å². The van der Waals surface area contributed by atoms with Gasteiger partial charge in [0.2, 0.25) is 0 Å². The van der Waals surface area contributed by atoms with Gasteiger partial charge in [-0.15, -0.1) is 11.3 Å². The van der Waals surface area contributed by atoms with Crippen molar-refractivity contribution in [2.45, 2.75) is 33.2 Å². The quantitative estimate of drug-likeness (QED) is 0.875. The third kappa shape index (κ3) is 3.70. The molecule has 4 heteroatoms. The van der Waals surface area contributed by atoms with E-state index in [0.717, 1.165) is 24.9 Å². The minimum atomic E-state index is -0.846. The Kier molecular flexibility index (Phi) is 4.43. The molecule has 102 valence electrons. The van der Waals surface area contributed by atoms with E-state index in [1.807, 2.05) is 22.2 Å². The summed E-state index contributed by atoms with van der Waals surface area (Å²) < 4.78 is 1.86. The predicted molar refractivity (Wildman–Crippen MR) is 78.0 cm³/mol. The average molecular weight is 277 g/mol. The Morgan fingerprint density at radius 2 is 2.26 bits per heavy atom. The summed E-state index contributed by atoms with van der Waals surface area (Å²) in [6.07, 6.45) is 3.79. The van der Waals surface area contributed by atoms with Gasteiger partial charge in [-0.2, -0.15) is 0 Å². The lowest BCUT2D eigenvalue weighted by Crippen LogP contribution is -2.08. The van der Waals surface area contributed by atoms with Gasteiger partial charge in [-0.25, -0.2) is 4.79 Å². The minimum Gasteiger partial charge on any atom is -0.477 e. The van der Waals surface area contributed by atoms with Crippen LogP contribution in [0.1, 0.15) is 34.8 Å². The van der Waals surface area contributed by atoms with Crippen molar-refractivity contribution in [1.29, 1.82) is 0 Å². The van der Waals surface area contributed by atoms with Gasteiger partial charge in [0.1, 0.15) is 5.69 Å². The number of aryl methyl sites for hydroxylation is 2. The first-order valence-electron chi connectivity index (χ1n) is 6.51. The molecular weight excluding hydrogens is 258 g/mol. The standard InChI is InChI=1S/C15H19NO2S/c1-11(2)8-12-9-14(15(17)18)16(10-12)6-5-13-4-3-7-19-13/h3-4,7,9-11H,5-6,8H2,1-2H3,(H,17,18). The Morgan fingerprint density at radius 1 is 1.47 bits per heavy atom. The molecule has 1 N–H and O–H groups in total. The first-order chi connectivity index (χ1) is 9.06. The van der Waals surface area contributed by atoms with E-state index < -0.39 is 5.97 Å². The van der Waals surface area contributed by atoms with Crippen LogP contribution in [-0.4, -0.2) is 15.6 Å². The topological polar surface area (TPSA) is 42.2 Å². The van der Waals surface area contributed by atoms with Crippen LogP contribution >= 0.6 is 11.3 Å². The van der Waals surface area contributed by atoms with Crippen molar-refractivity contribution in [2.75, 3.05) is 0 Å². The number of carboxylic acid groups (broad SMARTS) is 1. The second-order valence-electron chi connectivity index (χ2n) is 5.16. The Labute approximate surface area is 117 Å². The molecule has 0 saturated heterocycles. The number of aromatic carboxylic acids is 1. The zero-order valence-electron chi connectivity index (χ0n) is 11.3. The van der Waals surface area contributed by atoms with Gasteiger partial charge in [-0.3, -0.25) is 0 Å². The maximum atomic E-state index is 11.3. The van der Waals surface area contributed by atoms with E-state index in [9.17, 15) is 9.90 Å². The molecule has 0 aromatic carbocycles. The van der Waals surface area contributed by atoms with E-state index in [0.29, 0.717) is 11.6 Å². The average Bonchev–Trinajstić information content (AvgIpc) is 2.94. The van der Waals surface area contributed by atoms with E-state index in [4.69, 9.17) is 0 Å². The van der Waals surface area contributed by atoms with Crippen LogP contribution in [0.4, 0.5) is 0 Å². The van der Waals surface area contributed by atoms with Crippen LogP contribution in [0.3, 0.4) is 0 Å². The summed E-state index contributed by atoms with van der Waals surface area (Å²) >= 11 is 1.71. The van der Waals surface area contributed by atoms with E-state index in [-0.39, 0.29) is 0 Å². The summed E-state index contributed by atoms with van der Waals surface area (Å²) in [6.45, 7) is 5.01. The van der Waals surface area contributed by atoms with Gasteiger partial charge in [0.05, 0.1) is 0 Å². The zero-order valence-corrected chi connectivity index (χ0v) is 12.1. The van der Waals surface area contributed by atoms with Crippen LogP contribution in [0.25, 0.3) is 0 Å². The summed E-state index contributed by atoms with van der Waals surface area (Å²) in [5.41, 5.74) is 1.51. The second kappa shape index (κ2) is 6.06. The first-order valence-corrected chi connectivity index (χ1v) is 7.39. The number of aromatic nitrogens is 1. The minimum absolute atomic E-state index is 0.396. The van der Waals surface area contributed by atoms with E-state index in [1.165, 1.54) is 4.88 Å². The van der Waals surface area contributed by atoms with Crippen LogP contribution in [0, 0.1) is 5.92 Å². The molecule has 2 heterocycles. The van der Waals surface area contributed by atoms with Crippen molar-refractivity contribution < 1.29 is 9.90 Å². The number of nitrogens with zero attached hydrogens (tertiary/aromatic N) is 1. The van der Waals surface area contributed by atoms with Crippen molar-refractivity contribution in [3.8, 4) is 0 Å². The lowest BCUT2D eigenvalue weighted by molar-refractivity contribution is 0.0685. The van der Waals surface area contributed by atoms with Gasteiger partial charge in [-0.1, -0.05) is 19.9 Å². The highest BCUT2D eigenvalue weighted by Gasteiger charge is 2.13. The van der Waals surface area contributed by atoms with Crippen LogP contribution < -0.4 is 0 Å². The van der Waals surface area contributed by atoms with Crippen molar-refractivity contribution in [2.24, 2.45) is 5.92 Å². The van der Waals surface area contributed by atoms with Crippen LogP contribution in [0.15, 0.2) is 29.8 Å². The zero-order chi connectivity index (χ0) is 13.8. The van der Waals surface area contributed by atoms with Crippen molar-refractivity contribution in [1.82, 2.24) is 4.57 Å². The molecule has 0 fully saturated rings. The molecule has 0 atom stereocenters. The maximum Gasteiger partial charge on any atom is 0.352 e. The normalized spacial score (nSPS) is 11.1. The Balaban J connectivity index is 2.13. The van der Waals surface area contributed by atoms with Gasteiger partial charge in [0.15, 0.2) is 0 Å². The smallest absolute Gasteiger partial charge is 0.352 e. The molecule has 2 aromatic rings. The van der Waals surface area contributed by atoms with Gasteiger partial charge >= 0.3 is 5.97 Å². The van der Waals surface area contributed by atoms with E-state index in [2.05, 4.69) is 19.9 Å². The molecular formula is C15H19NO2S. The highest BCUT2D eigenvalue weighted by Crippen LogP contribution is 2.16. The summed E-state index contributed by atoms with van der Waals surface area (Å²) in [7, 11) is 0. The molecule has 0 spiro atoms. The fourth-order valence-electron chi connectivity index (χ4n) is 2.20. The van der Waals surface area contributed by atoms with Gasteiger partial charge in [0.25, 0.3) is 0 Å². The number of rotatable bonds is 6. The van der Waals surface area contributed by atoms with Gasteiger partial charge < -0.3 is 9.67 Å². The number of carboxylic acids is 1. The Bertz CT molecular complexity index is 541. The summed E-state index contributed by atoms with van der Waals surface area (Å²) in [5.74, 6) is -0.309. The molecule has 0 unspecified atom stereocenters. The van der Waals surface area contributed by atoms with E-state index >= 15 is 0 Å². The molecule has 2 rings (SSSR count). The monoisotopic (exact) mass is 277 g/mol. The fraction of sp³-hybridized carbons (Fsp3) is 0.400. The fourth-order valence-corrected chi connectivity index (χ4v) is 2.90. The van der Waals surface area contributed by atoms with Crippen molar-refractivity contribution in [3.63, 3.8) is 0 Å². The molecule has 0 aliphatic heterocycles. The molecule has 0 bridgehead atoms. The number of hydrogen-bond donors (Lipinski definition) is 1. The number of hydrogen-bond acceptors (Lipinski definition) is 2. The third-order valence-electron chi connectivity index (χ3n) is 3.00. The van der Waals surface area contributed by atoms with Crippen molar-refractivity contribution in [3.05, 3.63) is 45.9 Å². The molecule has 0 amide bonds. The molecule has 3 nitrogen and oxygen atoms in total. The van der Waals surface area contributed by atoms with Crippen LogP contribution in [0.5, 0.6) is 0 Å². The first kappa shape index (κ1) is 13.9. The number of carbonyl (C=O) groups is 1. The van der Waals surface area contributed by atoms with Gasteiger partial charge in [0, 0.05) is 17.6 Å². The Morgan fingerprint density at radius 3 is 2.84 bits per heavy atom.